The largest absolute Gasteiger partial charge is 0.396 e. The Morgan fingerprint density at radius 3 is 2.88 bits per heavy atom. The Labute approximate surface area is 103 Å². The van der Waals surface area contributed by atoms with E-state index in [-0.39, 0.29) is 18.6 Å². The van der Waals surface area contributed by atoms with Crippen molar-refractivity contribution < 1.29 is 9.90 Å². The minimum Gasteiger partial charge on any atom is -0.396 e. The molecule has 0 spiro atoms. The molecule has 2 fully saturated rings. The summed E-state index contributed by atoms with van der Waals surface area (Å²) in [5.41, 5.74) is 0. The van der Waals surface area contributed by atoms with Gasteiger partial charge in [-0.2, -0.15) is 0 Å². The zero-order chi connectivity index (χ0) is 12.3. The molecule has 0 aromatic rings. The molecule has 2 N–H and O–H groups in total. The number of hydrogen-bond acceptors (Lipinski definition) is 3. The van der Waals surface area contributed by atoms with E-state index >= 15 is 0 Å². The van der Waals surface area contributed by atoms with Crippen molar-refractivity contribution in [1.82, 2.24) is 10.2 Å². The molecule has 0 aliphatic carbocycles. The minimum atomic E-state index is 0.147. The molecule has 3 unspecified atom stereocenters. The highest BCUT2D eigenvalue weighted by Crippen LogP contribution is 2.25. The SMILES string of the molecule is CC1CNCC1C(=O)N1CCCCC1CCO. The standard InChI is InChI=1S/C13H24N2O2/c1-10-8-14-9-12(10)13(17)15-6-3-2-4-11(15)5-7-16/h10-12,14,16H,2-9H2,1H3. The molecule has 3 atom stereocenters. The number of carbonyl (C=O) groups is 1. The van der Waals surface area contributed by atoms with Gasteiger partial charge in [0.05, 0.1) is 5.92 Å². The highest BCUT2D eigenvalue weighted by atomic mass is 16.3. The Morgan fingerprint density at radius 2 is 2.24 bits per heavy atom. The zero-order valence-electron chi connectivity index (χ0n) is 10.7. The number of nitrogens with zero attached hydrogens (tertiary/aromatic N) is 1. The fraction of sp³-hybridized carbons (Fsp3) is 0.923. The number of nitrogens with one attached hydrogen (secondary N) is 1. The maximum Gasteiger partial charge on any atom is 0.227 e. The molecule has 98 valence electrons. The minimum absolute atomic E-state index is 0.147. The summed E-state index contributed by atoms with van der Waals surface area (Å²) in [6.07, 6.45) is 4.09. The van der Waals surface area contributed by atoms with Gasteiger partial charge in [0.25, 0.3) is 0 Å². The second-order valence-electron chi connectivity index (χ2n) is 5.44. The lowest BCUT2D eigenvalue weighted by Crippen LogP contribution is -2.48. The zero-order valence-corrected chi connectivity index (χ0v) is 10.7. The van der Waals surface area contributed by atoms with Gasteiger partial charge in [-0.1, -0.05) is 6.92 Å². The van der Waals surface area contributed by atoms with Gasteiger partial charge in [0.2, 0.25) is 5.91 Å². The first-order chi connectivity index (χ1) is 8.24. The van der Waals surface area contributed by atoms with Gasteiger partial charge in [0, 0.05) is 25.7 Å². The Hall–Kier alpha value is -0.610. The Morgan fingerprint density at radius 1 is 1.41 bits per heavy atom. The first kappa shape index (κ1) is 12.8. The summed E-state index contributed by atoms with van der Waals surface area (Å²) in [6, 6.07) is 0.272. The van der Waals surface area contributed by atoms with Crippen LogP contribution in [0.15, 0.2) is 0 Å². The molecule has 2 rings (SSSR count). The number of carbonyl (C=O) groups excluding carboxylic acids is 1. The quantitative estimate of drug-likeness (QED) is 0.760. The average molecular weight is 240 g/mol. The smallest absolute Gasteiger partial charge is 0.227 e. The lowest BCUT2D eigenvalue weighted by atomic mass is 9.92. The Balaban J connectivity index is 2.00. The summed E-state index contributed by atoms with van der Waals surface area (Å²) in [6.45, 7) is 4.99. The van der Waals surface area contributed by atoms with Gasteiger partial charge >= 0.3 is 0 Å². The molecule has 2 heterocycles. The van der Waals surface area contributed by atoms with Crippen LogP contribution in [-0.4, -0.2) is 48.2 Å². The second kappa shape index (κ2) is 5.83. The number of hydrogen-bond donors (Lipinski definition) is 2. The second-order valence-corrected chi connectivity index (χ2v) is 5.44. The van der Waals surface area contributed by atoms with Crippen LogP contribution in [-0.2, 0) is 4.79 Å². The van der Waals surface area contributed by atoms with Crippen molar-refractivity contribution >= 4 is 5.91 Å². The van der Waals surface area contributed by atoms with Crippen LogP contribution in [0.2, 0.25) is 0 Å². The van der Waals surface area contributed by atoms with Crippen molar-refractivity contribution in [3.8, 4) is 0 Å². The van der Waals surface area contributed by atoms with Gasteiger partial charge in [-0.05, 0) is 38.1 Å². The van der Waals surface area contributed by atoms with Crippen LogP contribution in [0, 0.1) is 11.8 Å². The van der Waals surface area contributed by atoms with E-state index in [9.17, 15) is 4.79 Å². The summed E-state index contributed by atoms with van der Waals surface area (Å²) in [7, 11) is 0. The van der Waals surface area contributed by atoms with E-state index in [1.54, 1.807) is 0 Å². The molecule has 0 radical (unpaired) electrons. The van der Waals surface area contributed by atoms with Gasteiger partial charge in [-0.25, -0.2) is 0 Å². The maximum atomic E-state index is 12.5. The fourth-order valence-corrected chi connectivity index (χ4v) is 3.09. The van der Waals surface area contributed by atoms with E-state index in [0.717, 1.165) is 38.9 Å². The lowest BCUT2D eigenvalue weighted by Gasteiger charge is -2.37. The van der Waals surface area contributed by atoms with Gasteiger partial charge in [0.1, 0.15) is 0 Å². The number of piperidine rings is 1. The van der Waals surface area contributed by atoms with Crippen LogP contribution in [0.4, 0.5) is 0 Å². The third kappa shape index (κ3) is 2.80. The number of amides is 1. The van der Waals surface area contributed by atoms with Crippen LogP contribution < -0.4 is 5.32 Å². The maximum absolute atomic E-state index is 12.5. The van der Waals surface area contributed by atoms with Crippen molar-refractivity contribution in [2.75, 3.05) is 26.2 Å². The van der Waals surface area contributed by atoms with Gasteiger partial charge in [0.15, 0.2) is 0 Å². The molecule has 2 saturated heterocycles. The number of aliphatic hydroxyl groups excluding tert-OH is 1. The number of aliphatic hydroxyl groups is 1. The third-order valence-corrected chi connectivity index (χ3v) is 4.21. The van der Waals surface area contributed by atoms with E-state index in [4.69, 9.17) is 5.11 Å². The molecule has 1 amide bonds. The molecule has 17 heavy (non-hydrogen) atoms. The van der Waals surface area contributed by atoms with Crippen molar-refractivity contribution in [2.24, 2.45) is 11.8 Å². The molecule has 0 aromatic carbocycles. The molecule has 0 bridgehead atoms. The van der Waals surface area contributed by atoms with Crippen LogP contribution in [0.25, 0.3) is 0 Å². The van der Waals surface area contributed by atoms with E-state index in [0.29, 0.717) is 11.8 Å². The predicted octanol–water partition coefficient (Wildman–Crippen LogP) is 0.605. The van der Waals surface area contributed by atoms with Crippen LogP contribution in [0.3, 0.4) is 0 Å². The monoisotopic (exact) mass is 240 g/mol. The molecule has 4 heteroatoms. The fourth-order valence-electron chi connectivity index (χ4n) is 3.09. The normalized spacial score (nSPS) is 34.0. The topological polar surface area (TPSA) is 52.6 Å². The summed E-state index contributed by atoms with van der Waals surface area (Å²) >= 11 is 0. The first-order valence-corrected chi connectivity index (χ1v) is 6.86. The van der Waals surface area contributed by atoms with E-state index in [1.165, 1.54) is 6.42 Å². The molecule has 0 saturated carbocycles. The summed E-state index contributed by atoms with van der Waals surface area (Å²) in [5.74, 6) is 0.897. The summed E-state index contributed by atoms with van der Waals surface area (Å²) < 4.78 is 0. The van der Waals surface area contributed by atoms with Crippen molar-refractivity contribution in [3.05, 3.63) is 0 Å². The summed E-state index contributed by atoms with van der Waals surface area (Å²) in [4.78, 5) is 14.5. The van der Waals surface area contributed by atoms with Crippen LogP contribution in [0.1, 0.15) is 32.6 Å². The van der Waals surface area contributed by atoms with Crippen LogP contribution in [0.5, 0.6) is 0 Å². The molecule has 4 nitrogen and oxygen atoms in total. The highest BCUT2D eigenvalue weighted by molar-refractivity contribution is 5.80. The Bertz CT molecular complexity index is 268. The van der Waals surface area contributed by atoms with E-state index in [2.05, 4.69) is 12.2 Å². The lowest BCUT2D eigenvalue weighted by molar-refractivity contribution is -0.140. The molecular weight excluding hydrogens is 216 g/mol. The first-order valence-electron chi connectivity index (χ1n) is 6.86. The average Bonchev–Trinajstić information content (AvgIpc) is 2.76. The number of rotatable bonds is 3. The van der Waals surface area contributed by atoms with E-state index in [1.807, 2.05) is 4.90 Å². The van der Waals surface area contributed by atoms with Gasteiger partial charge in [-0.15, -0.1) is 0 Å². The van der Waals surface area contributed by atoms with Crippen molar-refractivity contribution in [2.45, 2.75) is 38.6 Å². The Kier molecular flexibility index (Phi) is 4.40. The van der Waals surface area contributed by atoms with Gasteiger partial charge in [-0.3, -0.25) is 4.79 Å². The molecule has 0 aromatic heterocycles. The molecule has 2 aliphatic rings. The van der Waals surface area contributed by atoms with Gasteiger partial charge < -0.3 is 15.3 Å². The summed E-state index contributed by atoms with van der Waals surface area (Å²) in [5, 5.41) is 12.4. The molecular formula is C13H24N2O2. The number of likely N-dealkylation sites (tertiary alicyclic amines) is 1. The third-order valence-electron chi connectivity index (χ3n) is 4.21. The highest BCUT2D eigenvalue weighted by Gasteiger charge is 2.36. The van der Waals surface area contributed by atoms with Crippen molar-refractivity contribution in [3.63, 3.8) is 0 Å². The predicted molar refractivity (Wildman–Crippen MR) is 66.6 cm³/mol. The van der Waals surface area contributed by atoms with E-state index < -0.39 is 0 Å². The molecule has 2 aliphatic heterocycles. The van der Waals surface area contributed by atoms with Crippen LogP contribution >= 0.6 is 0 Å². The van der Waals surface area contributed by atoms with Crippen molar-refractivity contribution in [1.29, 1.82) is 0 Å².